The zero-order valence-electron chi connectivity index (χ0n) is 17.0. The van der Waals surface area contributed by atoms with Gasteiger partial charge >= 0.3 is 5.69 Å². The van der Waals surface area contributed by atoms with Crippen molar-refractivity contribution in [2.75, 3.05) is 6.61 Å². The molecule has 0 spiro atoms. The maximum absolute atomic E-state index is 13.2. The Morgan fingerprint density at radius 1 is 1.24 bits per heavy atom. The molecule has 0 saturated carbocycles. The van der Waals surface area contributed by atoms with E-state index in [0.29, 0.717) is 23.5 Å². The number of hydrogen-bond donors (Lipinski definition) is 0. The van der Waals surface area contributed by atoms with Crippen molar-refractivity contribution in [3.63, 3.8) is 0 Å². The van der Waals surface area contributed by atoms with Gasteiger partial charge in [0.2, 0.25) is 5.78 Å². The molecule has 8 nitrogen and oxygen atoms in total. The van der Waals surface area contributed by atoms with E-state index in [9.17, 15) is 9.59 Å². The highest BCUT2D eigenvalue weighted by molar-refractivity contribution is 5.76. The monoisotopic (exact) mass is 393 g/mol. The summed E-state index contributed by atoms with van der Waals surface area (Å²) in [6.45, 7) is 10.2. The van der Waals surface area contributed by atoms with Crippen molar-refractivity contribution in [3.8, 4) is 11.4 Å². The Balaban J connectivity index is 2.11. The Bertz CT molecular complexity index is 1380. The van der Waals surface area contributed by atoms with Crippen LogP contribution in [0.4, 0.5) is 0 Å². The number of rotatable bonds is 5. The van der Waals surface area contributed by atoms with E-state index in [0.717, 1.165) is 22.7 Å². The first-order valence-corrected chi connectivity index (χ1v) is 9.41. The van der Waals surface area contributed by atoms with Gasteiger partial charge in [-0.15, -0.1) is 0 Å². The van der Waals surface area contributed by atoms with E-state index in [2.05, 4.69) is 11.6 Å². The van der Waals surface area contributed by atoms with Crippen LogP contribution in [0.5, 0.6) is 5.75 Å². The molecule has 0 bridgehead atoms. The highest BCUT2D eigenvalue weighted by Gasteiger charge is 2.21. The molecule has 4 rings (SSSR count). The summed E-state index contributed by atoms with van der Waals surface area (Å²) in [5.41, 5.74) is 2.35. The summed E-state index contributed by atoms with van der Waals surface area (Å²) >= 11 is 0. The Kier molecular flexibility index (Phi) is 4.41. The summed E-state index contributed by atoms with van der Waals surface area (Å²) in [4.78, 5) is 30.5. The smallest absolute Gasteiger partial charge is 0.332 e. The number of fused-ring (bicyclic) bond motifs is 3. The van der Waals surface area contributed by atoms with E-state index in [1.165, 1.54) is 9.13 Å². The summed E-state index contributed by atoms with van der Waals surface area (Å²) < 4.78 is 12.0. The Morgan fingerprint density at radius 2 is 1.97 bits per heavy atom. The van der Waals surface area contributed by atoms with Gasteiger partial charge < -0.3 is 4.74 Å². The van der Waals surface area contributed by atoms with E-state index < -0.39 is 5.69 Å². The number of allylic oxidation sites excluding steroid dienone is 1. The molecule has 0 atom stereocenters. The van der Waals surface area contributed by atoms with Crippen LogP contribution >= 0.6 is 0 Å². The van der Waals surface area contributed by atoms with Crippen LogP contribution < -0.4 is 16.0 Å². The lowest BCUT2D eigenvalue weighted by molar-refractivity contribution is 0.339. The second-order valence-corrected chi connectivity index (χ2v) is 7.15. The Morgan fingerprint density at radius 3 is 2.66 bits per heavy atom. The topological polar surface area (TPSA) is 75.5 Å². The molecule has 0 saturated heterocycles. The second kappa shape index (κ2) is 6.80. The minimum atomic E-state index is -0.413. The van der Waals surface area contributed by atoms with Crippen LogP contribution in [0, 0.1) is 6.92 Å². The third-order valence-electron chi connectivity index (χ3n) is 4.86. The number of nitrogens with zero attached hydrogens (tertiary/aromatic N) is 5. The number of ether oxygens (including phenoxy) is 1. The molecule has 3 heterocycles. The lowest BCUT2D eigenvalue weighted by atomic mass is 10.3. The summed E-state index contributed by atoms with van der Waals surface area (Å²) in [6, 6.07) is 7.67. The summed E-state index contributed by atoms with van der Waals surface area (Å²) in [5, 5.41) is 0. The molecule has 0 unspecified atom stereocenters. The minimum absolute atomic E-state index is 0.168. The SMILES string of the molecule is C=C(C)Cn1c(=O)c2c(nc3n(-c4ccccc4OCC)c(C)cn23)n(C)c1=O. The van der Waals surface area contributed by atoms with Crippen LogP contribution in [0.1, 0.15) is 19.5 Å². The summed E-state index contributed by atoms with van der Waals surface area (Å²) in [5.74, 6) is 1.27. The average molecular weight is 393 g/mol. The molecular weight excluding hydrogens is 370 g/mol. The van der Waals surface area contributed by atoms with Gasteiger partial charge in [0.1, 0.15) is 5.75 Å². The molecule has 150 valence electrons. The van der Waals surface area contributed by atoms with Gasteiger partial charge in [-0.25, -0.2) is 4.79 Å². The number of aryl methyl sites for hydroxylation is 2. The van der Waals surface area contributed by atoms with Crippen molar-refractivity contribution in [3.05, 3.63) is 69.1 Å². The van der Waals surface area contributed by atoms with Gasteiger partial charge in [0.05, 0.1) is 18.8 Å². The maximum atomic E-state index is 13.2. The second-order valence-electron chi connectivity index (χ2n) is 7.15. The van der Waals surface area contributed by atoms with Gasteiger partial charge in [0.25, 0.3) is 5.56 Å². The standard InChI is InChI=1S/C21H23N5O3/c1-6-29-16-10-8-7-9-15(16)26-14(4)12-24-17-18(22-20(24)26)23(5)21(28)25(19(17)27)11-13(2)3/h7-10,12H,2,6,11H2,1,3-5H3. The Hall–Kier alpha value is -3.55. The molecule has 4 aromatic rings. The predicted octanol–water partition coefficient (Wildman–Crippen LogP) is 2.42. The van der Waals surface area contributed by atoms with Crippen LogP contribution in [0.2, 0.25) is 0 Å². The van der Waals surface area contributed by atoms with Crippen LogP contribution in [-0.2, 0) is 13.6 Å². The van der Waals surface area contributed by atoms with Gasteiger partial charge in [0.15, 0.2) is 11.2 Å². The van der Waals surface area contributed by atoms with Crippen molar-refractivity contribution < 1.29 is 4.74 Å². The van der Waals surface area contributed by atoms with Crippen molar-refractivity contribution in [2.45, 2.75) is 27.3 Å². The molecule has 3 aromatic heterocycles. The summed E-state index contributed by atoms with van der Waals surface area (Å²) in [7, 11) is 1.62. The third kappa shape index (κ3) is 2.79. The van der Waals surface area contributed by atoms with Crippen molar-refractivity contribution in [2.24, 2.45) is 7.05 Å². The van der Waals surface area contributed by atoms with E-state index in [-0.39, 0.29) is 12.1 Å². The zero-order chi connectivity index (χ0) is 20.9. The molecular formula is C21H23N5O3. The molecule has 0 aliphatic carbocycles. The first-order valence-electron chi connectivity index (χ1n) is 9.41. The quantitative estimate of drug-likeness (QED) is 0.488. The number of imidazole rings is 2. The van der Waals surface area contributed by atoms with Gasteiger partial charge in [-0.2, -0.15) is 4.98 Å². The lowest BCUT2D eigenvalue weighted by Crippen LogP contribution is -2.39. The fourth-order valence-corrected chi connectivity index (χ4v) is 3.64. The van der Waals surface area contributed by atoms with Gasteiger partial charge in [-0.3, -0.25) is 22.9 Å². The van der Waals surface area contributed by atoms with E-state index in [1.807, 2.05) is 48.9 Å². The summed E-state index contributed by atoms with van der Waals surface area (Å²) in [6.07, 6.45) is 1.85. The zero-order valence-corrected chi connectivity index (χ0v) is 17.0. The minimum Gasteiger partial charge on any atom is -0.492 e. The molecule has 0 N–H and O–H groups in total. The predicted molar refractivity (Wildman–Crippen MR) is 112 cm³/mol. The van der Waals surface area contributed by atoms with Gasteiger partial charge in [-0.05, 0) is 32.9 Å². The highest BCUT2D eigenvalue weighted by Crippen LogP contribution is 2.27. The molecule has 8 heteroatoms. The molecule has 0 radical (unpaired) electrons. The fraction of sp³-hybridized carbons (Fsp3) is 0.286. The first-order chi connectivity index (χ1) is 13.8. The van der Waals surface area contributed by atoms with E-state index >= 15 is 0 Å². The number of para-hydroxylation sites is 2. The van der Waals surface area contributed by atoms with Crippen molar-refractivity contribution >= 4 is 16.9 Å². The third-order valence-corrected chi connectivity index (χ3v) is 4.86. The van der Waals surface area contributed by atoms with E-state index in [1.54, 1.807) is 18.4 Å². The van der Waals surface area contributed by atoms with Crippen LogP contribution in [-0.4, -0.2) is 29.7 Å². The van der Waals surface area contributed by atoms with Crippen LogP contribution in [0.15, 0.2) is 52.2 Å². The fourth-order valence-electron chi connectivity index (χ4n) is 3.64. The Labute approximate surface area is 166 Å². The number of hydrogen-bond acceptors (Lipinski definition) is 4. The maximum Gasteiger partial charge on any atom is 0.332 e. The number of aromatic nitrogens is 5. The molecule has 0 amide bonds. The van der Waals surface area contributed by atoms with Crippen molar-refractivity contribution in [1.29, 1.82) is 0 Å². The normalized spacial score (nSPS) is 11.4. The highest BCUT2D eigenvalue weighted by atomic mass is 16.5. The number of benzene rings is 1. The van der Waals surface area contributed by atoms with Crippen molar-refractivity contribution in [1.82, 2.24) is 23.1 Å². The van der Waals surface area contributed by atoms with Gasteiger partial charge in [0, 0.05) is 18.9 Å². The molecule has 29 heavy (non-hydrogen) atoms. The van der Waals surface area contributed by atoms with Gasteiger partial charge in [-0.1, -0.05) is 24.3 Å². The van der Waals surface area contributed by atoms with Crippen LogP contribution in [0.3, 0.4) is 0 Å². The molecule has 1 aromatic carbocycles. The largest absolute Gasteiger partial charge is 0.492 e. The molecule has 0 aliphatic rings. The average Bonchev–Trinajstić information content (AvgIpc) is 3.19. The lowest BCUT2D eigenvalue weighted by Gasteiger charge is -2.12. The molecule has 0 aliphatic heterocycles. The molecule has 0 fully saturated rings. The van der Waals surface area contributed by atoms with Crippen LogP contribution in [0.25, 0.3) is 22.6 Å². The van der Waals surface area contributed by atoms with E-state index in [4.69, 9.17) is 4.74 Å². The first kappa shape index (κ1) is 18.8.